The molecule has 2 aliphatic rings. The van der Waals surface area contributed by atoms with Crippen molar-refractivity contribution in [1.29, 1.82) is 0 Å². The third-order valence-electron chi connectivity index (χ3n) is 5.72. The number of hydrogen-bond donors (Lipinski definition) is 1. The van der Waals surface area contributed by atoms with Crippen molar-refractivity contribution in [3.05, 3.63) is 35.7 Å². The minimum atomic E-state index is -5.08. The van der Waals surface area contributed by atoms with E-state index in [1.807, 2.05) is 36.1 Å². The van der Waals surface area contributed by atoms with Crippen LogP contribution in [0.4, 0.5) is 13.2 Å². The Balaban J connectivity index is 0.000000406. The largest absolute Gasteiger partial charge is 0.490 e. The second-order valence-corrected chi connectivity index (χ2v) is 8.42. The minimum Gasteiger partial charge on any atom is -0.475 e. The first-order valence-electron chi connectivity index (χ1n) is 10.9. The number of carboxylic acid groups (broad SMARTS) is 1. The van der Waals surface area contributed by atoms with E-state index >= 15 is 0 Å². The molecule has 2 aliphatic heterocycles. The van der Waals surface area contributed by atoms with Gasteiger partial charge in [-0.05, 0) is 25.8 Å². The Hall–Kier alpha value is -2.93. The number of ether oxygens (including phenoxy) is 1. The molecular weight excluding hydrogens is 457 g/mol. The van der Waals surface area contributed by atoms with E-state index in [0.717, 1.165) is 51.3 Å². The van der Waals surface area contributed by atoms with Gasteiger partial charge in [-0.2, -0.15) is 18.3 Å². The molecule has 0 radical (unpaired) electrons. The summed E-state index contributed by atoms with van der Waals surface area (Å²) in [6, 6.07) is 2.29. The lowest BCUT2D eigenvalue weighted by Gasteiger charge is -2.34. The highest BCUT2D eigenvalue weighted by Gasteiger charge is 2.38. The Morgan fingerprint density at radius 2 is 1.94 bits per heavy atom. The van der Waals surface area contributed by atoms with Crippen molar-refractivity contribution >= 4 is 11.9 Å². The van der Waals surface area contributed by atoms with E-state index in [-0.39, 0.29) is 18.6 Å². The average molecular weight is 486 g/mol. The number of aromatic nitrogens is 4. The van der Waals surface area contributed by atoms with Gasteiger partial charge in [0.2, 0.25) is 5.91 Å². The van der Waals surface area contributed by atoms with E-state index in [0.29, 0.717) is 6.61 Å². The number of halogens is 3. The molecule has 0 saturated carbocycles. The fourth-order valence-electron chi connectivity index (χ4n) is 4.10. The summed E-state index contributed by atoms with van der Waals surface area (Å²) in [7, 11) is 1.99. The van der Waals surface area contributed by atoms with Gasteiger partial charge in [-0.15, -0.1) is 0 Å². The van der Waals surface area contributed by atoms with Crippen molar-refractivity contribution in [3.8, 4) is 0 Å². The third-order valence-corrected chi connectivity index (χ3v) is 5.72. The SMILES string of the molecule is Cc1cc(CN2Cc3cncn3C(COCC(=O)N3CCCC3)C2)n(C)n1.O=C(O)C(F)(F)F. The minimum absolute atomic E-state index is 0.108. The summed E-state index contributed by atoms with van der Waals surface area (Å²) in [4.78, 5) is 29.7. The van der Waals surface area contributed by atoms with Gasteiger partial charge < -0.3 is 19.3 Å². The van der Waals surface area contributed by atoms with Gasteiger partial charge in [-0.3, -0.25) is 14.4 Å². The molecule has 2 aromatic rings. The van der Waals surface area contributed by atoms with Crippen LogP contribution >= 0.6 is 0 Å². The first kappa shape index (κ1) is 25.7. The van der Waals surface area contributed by atoms with Crippen LogP contribution in [0.1, 0.15) is 36.0 Å². The second kappa shape index (κ2) is 11.0. The first-order valence-corrected chi connectivity index (χ1v) is 10.9. The van der Waals surface area contributed by atoms with Crippen LogP contribution in [0.3, 0.4) is 0 Å². The molecular formula is C21H29F3N6O4. The number of aryl methyl sites for hydroxylation is 2. The lowest BCUT2D eigenvalue weighted by atomic mass is 10.2. The smallest absolute Gasteiger partial charge is 0.475 e. The van der Waals surface area contributed by atoms with Gasteiger partial charge in [0.05, 0.1) is 36.1 Å². The van der Waals surface area contributed by atoms with E-state index in [1.165, 1.54) is 11.4 Å². The highest BCUT2D eigenvalue weighted by atomic mass is 19.4. The van der Waals surface area contributed by atoms with Crippen molar-refractivity contribution in [1.82, 2.24) is 29.1 Å². The predicted molar refractivity (Wildman–Crippen MR) is 114 cm³/mol. The summed E-state index contributed by atoms with van der Waals surface area (Å²) in [5, 5.41) is 11.6. The zero-order valence-electron chi connectivity index (χ0n) is 19.2. The monoisotopic (exact) mass is 486 g/mol. The standard InChI is InChI=1S/C19H28N6O2.C2HF3O2/c1-15-7-16(22(2)21-15)9-23-10-17-8-20-14-25(17)18(11-23)12-27-13-19(26)24-5-3-4-6-24;3-2(4,5)1(6)7/h7-8,14,18H,3-6,9-13H2,1-2H3;(H,6,7). The maximum Gasteiger partial charge on any atom is 0.490 e. The summed E-state index contributed by atoms with van der Waals surface area (Å²) in [5.74, 6) is -2.65. The Bertz CT molecular complexity index is 984. The molecule has 0 spiro atoms. The molecule has 34 heavy (non-hydrogen) atoms. The Kier molecular flexibility index (Phi) is 8.31. The topological polar surface area (TPSA) is 106 Å². The summed E-state index contributed by atoms with van der Waals surface area (Å²) in [6.07, 6.45) is 0.921. The van der Waals surface area contributed by atoms with E-state index in [4.69, 9.17) is 14.6 Å². The van der Waals surface area contributed by atoms with Crippen LogP contribution < -0.4 is 0 Å². The molecule has 0 bridgehead atoms. The lowest BCUT2D eigenvalue weighted by molar-refractivity contribution is -0.192. The molecule has 1 amide bonds. The van der Waals surface area contributed by atoms with Crippen molar-refractivity contribution in [3.63, 3.8) is 0 Å². The van der Waals surface area contributed by atoms with Gasteiger partial charge in [0.15, 0.2) is 0 Å². The first-order chi connectivity index (χ1) is 16.0. The van der Waals surface area contributed by atoms with Crippen molar-refractivity contribution < 1.29 is 32.6 Å². The van der Waals surface area contributed by atoms with Crippen LogP contribution in [0, 0.1) is 6.92 Å². The van der Waals surface area contributed by atoms with Crippen LogP contribution in [0.15, 0.2) is 18.6 Å². The highest BCUT2D eigenvalue weighted by Crippen LogP contribution is 2.23. The fourth-order valence-corrected chi connectivity index (χ4v) is 4.10. The Morgan fingerprint density at radius 1 is 1.26 bits per heavy atom. The van der Waals surface area contributed by atoms with Crippen molar-refractivity contribution in [2.75, 3.05) is 32.8 Å². The second-order valence-electron chi connectivity index (χ2n) is 8.42. The molecule has 1 N–H and O–H groups in total. The average Bonchev–Trinajstić information content (AvgIpc) is 3.50. The number of rotatable bonds is 6. The number of alkyl halides is 3. The third kappa shape index (κ3) is 6.79. The molecule has 4 rings (SSSR count). The predicted octanol–water partition coefficient (Wildman–Crippen LogP) is 1.75. The van der Waals surface area contributed by atoms with E-state index in [1.54, 1.807) is 0 Å². The zero-order chi connectivity index (χ0) is 24.9. The molecule has 4 heterocycles. The number of carbonyl (C=O) groups excluding carboxylic acids is 1. The molecule has 0 aromatic carbocycles. The molecule has 1 saturated heterocycles. The highest BCUT2D eigenvalue weighted by molar-refractivity contribution is 5.77. The Morgan fingerprint density at radius 3 is 2.53 bits per heavy atom. The van der Waals surface area contributed by atoms with E-state index in [2.05, 4.69) is 25.6 Å². The molecule has 1 fully saturated rings. The number of fused-ring (bicyclic) bond motifs is 1. The normalized spacial score (nSPS) is 18.4. The maximum absolute atomic E-state index is 12.2. The van der Waals surface area contributed by atoms with Gasteiger partial charge >= 0.3 is 12.1 Å². The summed E-state index contributed by atoms with van der Waals surface area (Å²) in [5.41, 5.74) is 3.42. The van der Waals surface area contributed by atoms with Gasteiger partial charge in [0.25, 0.3) is 0 Å². The molecule has 10 nitrogen and oxygen atoms in total. The summed E-state index contributed by atoms with van der Waals surface area (Å²) < 4.78 is 41.7. The molecule has 0 aliphatic carbocycles. The molecule has 1 unspecified atom stereocenters. The van der Waals surface area contributed by atoms with Crippen LogP contribution in [-0.4, -0.2) is 85.1 Å². The van der Waals surface area contributed by atoms with E-state index in [9.17, 15) is 18.0 Å². The van der Waals surface area contributed by atoms with Crippen molar-refractivity contribution in [2.24, 2.45) is 7.05 Å². The van der Waals surface area contributed by atoms with Gasteiger partial charge in [0.1, 0.15) is 6.61 Å². The fraction of sp³-hybridized carbons (Fsp3) is 0.619. The van der Waals surface area contributed by atoms with Crippen LogP contribution in [0.5, 0.6) is 0 Å². The van der Waals surface area contributed by atoms with E-state index < -0.39 is 12.1 Å². The van der Waals surface area contributed by atoms with Gasteiger partial charge in [-0.1, -0.05) is 0 Å². The number of nitrogens with zero attached hydrogens (tertiary/aromatic N) is 6. The number of carbonyl (C=O) groups is 2. The number of hydrogen-bond acceptors (Lipinski definition) is 6. The molecule has 1 atom stereocenters. The zero-order valence-corrected chi connectivity index (χ0v) is 19.2. The number of carboxylic acids is 1. The van der Waals surface area contributed by atoms with Gasteiger partial charge in [0, 0.05) is 46.0 Å². The summed E-state index contributed by atoms with van der Waals surface area (Å²) >= 11 is 0. The number of likely N-dealkylation sites (tertiary alicyclic amines) is 1. The van der Waals surface area contributed by atoms with Crippen LogP contribution in [0.25, 0.3) is 0 Å². The maximum atomic E-state index is 12.2. The van der Waals surface area contributed by atoms with Crippen LogP contribution in [-0.2, 0) is 34.5 Å². The quantitative estimate of drug-likeness (QED) is 0.663. The lowest BCUT2D eigenvalue weighted by Crippen LogP contribution is -2.39. The number of amides is 1. The molecule has 2 aromatic heterocycles. The van der Waals surface area contributed by atoms with Crippen LogP contribution in [0.2, 0.25) is 0 Å². The summed E-state index contributed by atoms with van der Waals surface area (Å²) in [6.45, 7) is 7.00. The molecule has 188 valence electrons. The van der Waals surface area contributed by atoms with Crippen molar-refractivity contribution in [2.45, 2.75) is 45.1 Å². The molecule has 13 heteroatoms. The number of imidazole rings is 1. The van der Waals surface area contributed by atoms with Gasteiger partial charge in [-0.25, -0.2) is 9.78 Å². The number of aliphatic carboxylic acids is 1. The Labute approximate surface area is 194 Å².